The minimum absolute atomic E-state index is 0.450. The molecule has 1 heterocycles. The van der Waals surface area contributed by atoms with Crippen LogP contribution in [0, 0.1) is 0 Å². The van der Waals surface area contributed by atoms with Gasteiger partial charge in [-0.2, -0.15) is 0 Å². The number of carboxylic acids is 1. The predicted molar refractivity (Wildman–Crippen MR) is 80.7 cm³/mol. The number of likely N-dealkylation sites (N-methyl/N-ethyl adjacent to an activating group) is 1. The highest BCUT2D eigenvalue weighted by Crippen LogP contribution is 2.46. The average molecular weight is 310 g/mol. The Morgan fingerprint density at radius 3 is 2.67 bits per heavy atom. The molecule has 3 rings (SSSR count). The molecule has 0 amide bonds. The lowest BCUT2D eigenvalue weighted by molar-refractivity contribution is -0.143. The molecule has 1 aromatic heterocycles. The Morgan fingerprint density at radius 2 is 2.14 bits per heavy atom. The van der Waals surface area contributed by atoms with Gasteiger partial charge in [-0.1, -0.05) is 18.7 Å². The molecule has 0 bridgehead atoms. The van der Waals surface area contributed by atoms with Crippen molar-refractivity contribution >= 4 is 17.7 Å². The third-order valence-corrected chi connectivity index (χ3v) is 5.33. The summed E-state index contributed by atoms with van der Waals surface area (Å²) in [5.41, 5.74) is -0.931. The summed E-state index contributed by atoms with van der Waals surface area (Å²) < 4.78 is 2.26. The van der Waals surface area contributed by atoms with Crippen LogP contribution in [0.25, 0.3) is 0 Å². The van der Waals surface area contributed by atoms with E-state index in [1.165, 1.54) is 37.4 Å². The second kappa shape index (κ2) is 5.61. The zero-order chi connectivity index (χ0) is 15.0. The van der Waals surface area contributed by atoms with E-state index in [2.05, 4.69) is 20.1 Å². The number of nitrogens with one attached hydrogen (secondary N) is 1. The summed E-state index contributed by atoms with van der Waals surface area (Å²) in [5.74, 6) is 1.32. The molecule has 116 valence electrons. The molecule has 2 aliphatic rings. The summed E-state index contributed by atoms with van der Waals surface area (Å²) in [4.78, 5) is 11.5. The lowest BCUT2D eigenvalue weighted by atomic mass is 10.1. The van der Waals surface area contributed by atoms with E-state index in [-0.39, 0.29) is 0 Å². The van der Waals surface area contributed by atoms with Crippen LogP contribution in [0.5, 0.6) is 0 Å². The number of rotatable bonds is 8. The van der Waals surface area contributed by atoms with Crippen LogP contribution < -0.4 is 5.32 Å². The number of aliphatic carboxylic acids is 1. The van der Waals surface area contributed by atoms with E-state index in [0.29, 0.717) is 24.3 Å². The van der Waals surface area contributed by atoms with Crippen molar-refractivity contribution in [2.24, 2.45) is 0 Å². The van der Waals surface area contributed by atoms with Crippen LogP contribution in [0.3, 0.4) is 0 Å². The lowest BCUT2D eigenvalue weighted by Crippen LogP contribution is -2.51. The molecule has 6 nitrogen and oxygen atoms in total. The Kier molecular flexibility index (Phi) is 3.96. The van der Waals surface area contributed by atoms with E-state index in [9.17, 15) is 9.90 Å². The fourth-order valence-corrected chi connectivity index (χ4v) is 3.59. The molecule has 21 heavy (non-hydrogen) atoms. The third kappa shape index (κ3) is 3.08. The molecule has 2 fully saturated rings. The molecule has 0 spiro atoms. The fourth-order valence-electron chi connectivity index (χ4n) is 2.47. The maximum Gasteiger partial charge on any atom is 0.324 e. The van der Waals surface area contributed by atoms with Crippen LogP contribution in [-0.4, -0.2) is 43.7 Å². The molecule has 0 aromatic carbocycles. The van der Waals surface area contributed by atoms with Gasteiger partial charge in [0, 0.05) is 17.7 Å². The maximum atomic E-state index is 11.5. The van der Waals surface area contributed by atoms with Crippen molar-refractivity contribution in [3.05, 3.63) is 5.82 Å². The third-order valence-electron chi connectivity index (χ3n) is 4.07. The zero-order valence-corrected chi connectivity index (χ0v) is 13.3. The van der Waals surface area contributed by atoms with Crippen molar-refractivity contribution in [3.8, 4) is 0 Å². The maximum absolute atomic E-state index is 11.5. The number of carbonyl (C=O) groups is 1. The summed E-state index contributed by atoms with van der Waals surface area (Å²) in [7, 11) is 0. The van der Waals surface area contributed by atoms with Gasteiger partial charge in [0.2, 0.25) is 0 Å². The molecule has 2 N–H and O–H groups in total. The van der Waals surface area contributed by atoms with Crippen LogP contribution in [0.4, 0.5) is 0 Å². The molecule has 7 heteroatoms. The van der Waals surface area contributed by atoms with Gasteiger partial charge < -0.3 is 15.0 Å². The molecule has 1 atom stereocenters. The minimum Gasteiger partial charge on any atom is -0.480 e. The number of nitrogens with zero attached hydrogens (tertiary/aromatic N) is 3. The van der Waals surface area contributed by atoms with Gasteiger partial charge in [0.1, 0.15) is 11.4 Å². The fraction of sp³-hybridized carbons (Fsp3) is 0.786. The number of aromatic nitrogens is 3. The number of carboxylic acid groups (broad SMARTS) is 1. The van der Waals surface area contributed by atoms with E-state index in [4.69, 9.17) is 0 Å². The van der Waals surface area contributed by atoms with Crippen molar-refractivity contribution < 1.29 is 9.90 Å². The molecule has 0 radical (unpaired) electrons. The van der Waals surface area contributed by atoms with Crippen molar-refractivity contribution in [3.63, 3.8) is 0 Å². The first-order chi connectivity index (χ1) is 10.0. The zero-order valence-electron chi connectivity index (χ0n) is 12.5. The molecule has 1 aromatic rings. The normalized spacial score (nSPS) is 21.2. The van der Waals surface area contributed by atoms with Crippen LogP contribution in [0.15, 0.2) is 5.16 Å². The Morgan fingerprint density at radius 1 is 1.43 bits per heavy atom. The molecule has 0 saturated heterocycles. The van der Waals surface area contributed by atoms with Gasteiger partial charge in [-0.3, -0.25) is 4.79 Å². The van der Waals surface area contributed by atoms with Crippen molar-refractivity contribution in [1.82, 2.24) is 20.1 Å². The highest BCUT2D eigenvalue weighted by atomic mass is 32.2. The molecule has 0 aliphatic heterocycles. The summed E-state index contributed by atoms with van der Waals surface area (Å²) in [6.07, 6.45) is 4.79. The Bertz CT molecular complexity index is 539. The lowest BCUT2D eigenvalue weighted by Gasteiger charge is -2.25. The summed E-state index contributed by atoms with van der Waals surface area (Å²) >= 11 is 1.50. The van der Waals surface area contributed by atoms with E-state index in [1.54, 1.807) is 6.92 Å². The monoisotopic (exact) mass is 310 g/mol. The standard InChI is InChI=1S/C14H22N4O2S/c1-3-15-14(2,12(19)20)8-21-13-17-16-11(9-4-5-9)18(13)10-6-7-10/h9-10,15H,3-8H2,1-2H3,(H,19,20). The Labute approximate surface area is 128 Å². The highest BCUT2D eigenvalue weighted by Gasteiger charge is 2.38. The molecule has 2 saturated carbocycles. The predicted octanol–water partition coefficient (Wildman–Crippen LogP) is 2.04. The van der Waals surface area contributed by atoms with Gasteiger partial charge in [-0.25, -0.2) is 0 Å². The average Bonchev–Trinajstić information content (AvgIpc) is 3.35. The SMILES string of the molecule is CCNC(C)(CSc1nnc(C2CC2)n1C1CC1)C(=O)O. The highest BCUT2D eigenvalue weighted by molar-refractivity contribution is 7.99. The van der Waals surface area contributed by atoms with Gasteiger partial charge in [0.15, 0.2) is 5.16 Å². The van der Waals surface area contributed by atoms with E-state index >= 15 is 0 Å². The van der Waals surface area contributed by atoms with Gasteiger partial charge in [-0.05, 0) is 39.2 Å². The Hall–Kier alpha value is -1.08. The van der Waals surface area contributed by atoms with Crippen LogP contribution in [-0.2, 0) is 4.79 Å². The summed E-state index contributed by atoms with van der Waals surface area (Å²) in [5, 5.41) is 22.0. The van der Waals surface area contributed by atoms with Crippen LogP contribution in [0.2, 0.25) is 0 Å². The number of hydrogen-bond donors (Lipinski definition) is 2. The molecule has 2 aliphatic carbocycles. The summed E-state index contributed by atoms with van der Waals surface area (Å²) in [6, 6.07) is 0.535. The number of thioether (sulfide) groups is 1. The topological polar surface area (TPSA) is 80.0 Å². The van der Waals surface area contributed by atoms with Crippen molar-refractivity contribution in [2.75, 3.05) is 12.3 Å². The van der Waals surface area contributed by atoms with Crippen molar-refractivity contribution in [2.45, 2.75) is 62.2 Å². The molecular weight excluding hydrogens is 288 g/mol. The quantitative estimate of drug-likeness (QED) is 0.715. The van der Waals surface area contributed by atoms with Crippen LogP contribution >= 0.6 is 11.8 Å². The van der Waals surface area contributed by atoms with E-state index in [1.807, 2.05) is 6.92 Å². The number of hydrogen-bond acceptors (Lipinski definition) is 5. The van der Waals surface area contributed by atoms with Crippen molar-refractivity contribution in [1.29, 1.82) is 0 Å². The second-order valence-electron chi connectivity index (χ2n) is 6.17. The van der Waals surface area contributed by atoms with E-state index in [0.717, 1.165) is 11.0 Å². The van der Waals surface area contributed by atoms with Gasteiger partial charge >= 0.3 is 5.97 Å². The van der Waals surface area contributed by atoms with Gasteiger partial charge in [-0.15, -0.1) is 10.2 Å². The molecular formula is C14H22N4O2S. The smallest absolute Gasteiger partial charge is 0.324 e. The van der Waals surface area contributed by atoms with Gasteiger partial charge in [0.25, 0.3) is 0 Å². The largest absolute Gasteiger partial charge is 0.480 e. The first-order valence-electron chi connectivity index (χ1n) is 7.61. The van der Waals surface area contributed by atoms with Gasteiger partial charge in [0.05, 0.1) is 0 Å². The Balaban J connectivity index is 1.74. The van der Waals surface area contributed by atoms with E-state index < -0.39 is 11.5 Å². The summed E-state index contributed by atoms with van der Waals surface area (Å²) in [6.45, 7) is 4.28. The second-order valence-corrected chi connectivity index (χ2v) is 7.11. The first-order valence-corrected chi connectivity index (χ1v) is 8.59. The van der Waals surface area contributed by atoms with Crippen LogP contribution in [0.1, 0.15) is 57.3 Å². The molecule has 1 unspecified atom stereocenters. The first kappa shape index (κ1) is 14.8. The minimum atomic E-state index is -0.931.